The van der Waals surface area contributed by atoms with Crippen LogP contribution in [0.15, 0.2) is 36.5 Å². The molecule has 0 saturated carbocycles. The molecule has 19 heavy (non-hydrogen) atoms. The molecule has 0 aliphatic carbocycles. The molecule has 0 radical (unpaired) electrons. The molecular formula is C14H15N3OS. The lowest BCUT2D eigenvalue weighted by molar-refractivity contribution is 0.0795. The van der Waals surface area contributed by atoms with Gasteiger partial charge in [0.05, 0.1) is 4.99 Å². The number of hydrogen-bond donors (Lipinski definition) is 1. The van der Waals surface area contributed by atoms with Crippen LogP contribution in [0, 0.1) is 0 Å². The Morgan fingerprint density at radius 1 is 1.37 bits per heavy atom. The van der Waals surface area contributed by atoms with Crippen molar-refractivity contribution in [3.05, 3.63) is 42.2 Å². The fraction of sp³-hybridized carbons (Fsp3) is 0.214. The topological polar surface area (TPSA) is 59.2 Å². The maximum absolute atomic E-state index is 12.4. The molecule has 0 fully saturated rings. The first-order chi connectivity index (χ1) is 9.09. The highest BCUT2D eigenvalue weighted by Gasteiger charge is 2.15. The van der Waals surface area contributed by atoms with E-state index in [9.17, 15) is 4.79 Å². The number of fused-ring (bicyclic) bond motifs is 1. The van der Waals surface area contributed by atoms with Crippen LogP contribution in [0.5, 0.6) is 0 Å². The number of pyridine rings is 1. The molecular weight excluding hydrogens is 258 g/mol. The maximum atomic E-state index is 12.4. The second-order valence-corrected chi connectivity index (χ2v) is 4.85. The van der Waals surface area contributed by atoms with Crippen molar-refractivity contribution in [2.24, 2.45) is 5.73 Å². The zero-order valence-electron chi connectivity index (χ0n) is 10.7. The monoisotopic (exact) mass is 273 g/mol. The highest BCUT2D eigenvalue weighted by Crippen LogP contribution is 2.17. The molecule has 0 bridgehead atoms. The number of carbonyl (C=O) groups is 1. The van der Waals surface area contributed by atoms with E-state index in [1.165, 1.54) is 0 Å². The van der Waals surface area contributed by atoms with E-state index in [1.54, 1.807) is 18.1 Å². The van der Waals surface area contributed by atoms with Gasteiger partial charge in [0.1, 0.15) is 5.69 Å². The zero-order valence-corrected chi connectivity index (χ0v) is 11.5. The third-order valence-corrected chi connectivity index (χ3v) is 3.12. The second-order valence-electron chi connectivity index (χ2n) is 4.32. The Morgan fingerprint density at radius 2 is 2.11 bits per heavy atom. The van der Waals surface area contributed by atoms with Gasteiger partial charge in [-0.3, -0.25) is 9.78 Å². The molecule has 98 valence electrons. The van der Waals surface area contributed by atoms with Gasteiger partial charge in [0.25, 0.3) is 5.91 Å². The van der Waals surface area contributed by atoms with Crippen molar-refractivity contribution in [1.29, 1.82) is 0 Å². The predicted molar refractivity (Wildman–Crippen MR) is 80.1 cm³/mol. The van der Waals surface area contributed by atoms with Gasteiger partial charge in [-0.1, -0.05) is 36.5 Å². The number of nitrogens with two attached hydrogens (primary N) is 1. The number of nitrogens with zero attached hydrogens (tertiary/aromatic N) is 2. The van der Waals surface area contributed by atoms with Gasteiger partial charge in [0.2, 0.25) is 0 Å². The van der Waals surface area contributed by atoms with Crippen molar-refractivity contribution < 1.29 is 4.79 Å². The molecule has 0 aliphatic rings. The molecule has 0 saturated heterocycles. The smallest absolute Gasteiger partial charge is 0.272 e. The minimum absolute atomic E-state index is 0.118. The molecule has 1 aromatic carbocycles. The summed E-state index contributed by atoms with van der Waals surface area (Å²) < 4.78 is 0. The lowest BCUT2D eigenvalue weighted by Gasteiger charge is -2.17. The maximum Gasteiger partial charge on any atom is 0.272 e. The molecule has 0 unspecified atom stereocenters. The number of rotatable bonds is 4. The average molecular weight is 273 g/mol. The number of thiocarbonyl (C=S) groups is 1. The molecule has 1 aromatic heterocycles. The van der Waals surface area contributed by atoms with E-state index in [-0.39, 0.29) is 5.91 Å². The van der Waals surface area contributed by atoms with Gasteiger partial charge in [-0.05, 0) is 11.5 Å². The van der Waals surface area contributed by atoms with Crippen LogP contribution in [0.3, 0.4) is 0 Å². The largest absolute Gasteiger partial charge is 0.393 e. The predicted octanol–water partition coefficient (Wildman–Crippen LogP) is 1.98. The minimum atomic E-state index is -0.118. The first-order valence-corrected chi connectivity index (χ1v) is 6.38. The van der Waals surface area contributed by atoms with Crippen LogP contribution < -0.4 is 5.73 Å². The highest BCUT2D eigenvalue weighted by atomic mass is 32.1. The molecule has 2 rings (SSSR count). The van der Waals surface area contributed by atoms with Crippen LogP contribution in [0.2, 0.25) is 0 Å². The summed E-state index contributed by atoms with van der Waals surface area (Å²) >= 11 is 4.82. The van der Waals surface area contributed by atoms with Gasteiger partial charge >= 0.3 is 0 Å². The third-order valence-electron chi connectivity index (χ3n) is 2.92. The van der Waals surface area contributed by atoms with Gasteiger partial charge in [0, 0.05) is 31.6 Å². The van der Waals surface area contributed by atoms with Crippen molar-refractivity contribution in [1.82, 2.24) is 9.88 Å². The quantitative estimate of drug-likeness (QED) is 0.865. The van der Waals surface area contributed by atoms with Gasteiger partial charge in [-0.25, -0.2) is 0 Å². The second kappa shape index (κ2) is 5.75. The summed E-state index contributed by atoms with van der Waals surface area (Å²) in [7, 11) is 1.73. The fourth-order valence-corrected chi connectivity index (χ4v) is 1.94. The Hall–Kier alpha value is -2.01. The Balaban J connectivity index is 2.28. The molecule has 1 amide bonds. The highest BCUT2D eigenvalue weighted by molar-refractivity contribution is 7.80. The fourth-order valence-electron chi connectivity index (χ4n) is 1.85. The lowest BCUT2D eigenvalue weighted by atomic mass is 10.1. The Kier molecular flexibility index (Phi) is 4.06. The van der Waals surface area contributed by atoms with Crippen molar-refractivity contribution in [2.45, 2.75) is 6.42 Å². The van der Waals surface area contributed by atoms with Gasteiger partial charge in [-0.2, -0.15) is 0 Å². The number of hydrogen-bond acceptors (Lipinski definition) is 3. The summed E-state index contributed by atoms with van der Waals surface area (Å²) in [5, 5.41) is 1.86. The third kappa shape index (κ3) is 3.06. The van der Waals surface area contributed by atoms with E-state index in [0.717, 1.165) is 10.8 Å². The SMILES string of the molecule is CN(CCC(N)=S)C(=O)c1nccc2ccccc12. The van der Waals surface area contributed by atoms with Crippen LogP contribution >= 0.6 is 12.2 Å². The van der Waals surface area contributed by atoms with E-state index >= 15 is 0 Å². The first kappa shape index (κ1) is 13.4. The molecule has 4 nitrogen and oxygen atoms in total. The lowest BCUT2D eigenvalue weighted by Crippen LogP contribution is -2.30. The van der Waals surface area contributed by atoms with Crippen LogP contribution in [-0.4, -0.2) is 34.4 Å². The van der Waals surface area contributed by atoms with Crippen LogP contribution in [0.1, 0.15) is 16.9 Å². The Labute approximate surface area is 117 Å². The normalized spacial score (nSPS) is 10.4. The summed E-state index contributed by atoms with van der Waals surface area (Å²) in [6.07, 6.45) is 2.17. The van der Waals surface area contributed by atoms with Crippen molar-refractivity contribution in [3.8, 4) is 0 Å². The standard InChI is InChI=1S/C14H15N3OS/c1-17(9-7-12(15)19)14(18)13-11-5-3-2-4-10(11)6-8-16-13/h2-6,8H,7,9H2,1H3,(H2,15,19). The molecule has 2 aromatic rings. The molecule has 0 atom stereocenters. The van der Waals surface area contributed by atoms with E-state index in [4.69, 9.17) is 18.0 Å². The Morgan fingerprint density at radius 3 is 2.84 bits per heavy atom. The summed E-state index contributed by atoms with van der Waals surface area (Å²) in [6, 6.07) is 9.59. The van der Waals surface area contributed by atoms with Gasteiger partial charge in [0.15, 0.2) is 0 Å². The first-order valence-electron chi connectivity index (χ1n) is 5.97. The van der Waals surface area contributed by atoms with Crippen molar-refractivity contribution >= 4 is 33.9 Å². The summed E-state index contributed by atoms with van der Waals surface area (Å²) in [4.78, 5) is 18.5. The summed E-state index contributed by atoms with van der Waals surface area (Å²) in [5.41, 5.74) is 5.91. The number of carbonyl (C=O) groups excluding carboxylic acids is 1. The molecule has 0 spiro atoms. The van der Waals surface area contributed by atoms with Crippen molar-refractivity contribution in [3.63, 3.8) is 0 Å². The minimum Gasteiger partial charge on any atom is -0.393 e. The molecule has 2 N–H and O–H groups in total. The van der Waals surface area contributed by atoms with Crippen LogP contribution in [-0.2, 0) is 0 Å². The van der Waals surface area contributed by atoms with Crippen LogP contribution in [0.4, 0.5) is 0 Å². The number of aromatic nitrogens is 1. The molecule has 5 heteroatoms. The number of amides is 1. The summed E-state index contributed by atoms with van der Waals surface area (Å²) in [5.74, 6) is -0.118. The van der Waals surface area contributed by atoms with Crippen LogP contribution in [0.25, 0.3) is 10.8 Å². The van der Waals surface area contributed by atoms with E-state index in [2.05, 4.69) is 4.98 Å². The van der Waals surface area contributed by atoms with E-state index in [0.29, 0.717) is 23.6 Å². The van der Waals surface area contributed by atoms with Crippen molar-refractivity contribution in [2.75, 3.05) is 13.6 Å². The van der Waals surface area contributed by atoms with Gasteiger partial charge < -0.3 is 10.6 Å². The van der Waals surface area contributed by atoms with E-state index in [1.807, 2.05) is 30.3 Å². The molecule has 1 heterocycles. The number of benzene rings is 1. The Bertz CT molecular complexity index is 622. The average Bonchev–Trinajstić information content (AvgIpc) is 2.43. The van der Waals surface area contributed by atoms with Gasteiger partial charge in [-0.15, -0.1) is 0 Å². The van der Waals surface area contributed by atoms with E-state index < -0.39 is 0 Å². The zero-order chi connectivity index (χ0) is 13.8. The summed E-state index contributed by atoms with van der Waals surface area (Å²) in [6.45, 7) is 0.499. The molecule has 0 aliphatic heterocycles.